The van der Waals surface area contributed by atoms with E-state index in [1.54, 1.807) is 13.3 Å². The van der Waals surface area contributed by atoms with Crippen molar-refractivity contribution in [3.8, 4) is 34.2 Å². The van der Waals surface area contributed by atoms with Gasteiger partial charge in [-0.3, -0.25) is 4.52 Å². The van der Waals surface area contributed by atoms with Crippen molar-refractivity contribution in [2.75, 3.05) is 44.2 Å². The Bertz CT molecular complexity index is 1510. The number of thioether (sulfide) groups is 1. The van der Waals surface area contributed by atoms with Gasteiger partial charge in [-0.1, -0.05) is 41.6 Å². The van der Waals surface area contributed by atoms with E-state index in [-0.39, 0.29) is 11.6 Å². The first kappa shape index (κ1) is 26.2. The van der Waals surface area contributed by atoms with Crippen molar-refractivity contribution in [2.45, 2.75) is 11.9 Å². The number of rotatable bonds is 8. The molecule has 198 valence electrons. The minimum absolute atomic E-state index is 0.0284. The van der Waals surface area contributed by atoms with E-state index in [9.17, 15) is 10.4 Å². The Hall–Kier alpha value is -4.40. The zero-order chi connectivity index (χ0) is 27.2. The summed E-state index contributed by atoms with van der Waals surface area (Å²) in [5, 5.41) is 29.2. The van der Waals surface area contributed by atoms with Gasteiger partial charge in [0, 0.05) is 16.9 Å². The number of pyridine rings is 1. The molecule has 0 bridgehead atoms. The lowest BCUT2D eigenvalue weighted by molar-refractivity contribution is -0.759. The molecule has 10 nitrogen and oxygen atoms in total. The summed E-state index contributed by atoms with van der Waals surface area (Å²) in [5.74, 6) is 0.380. The van der Waals surface area contributed by atoms with E-state index < -0.39 is 5.90 Å². The van der Waals surface area contributed by atoms with Crippen LogP contribution in [0.25, 0.3) is 22.4 Å². The summed E-state index contributed by atoms with van der Waals surface area (Å²) < 4.78 is 15.9. The van der Waals surface area contributed by atoms with E-state index in [1.807, 2.05) is 66.5 Å². The lowest BCUT2D eigenvalue weighted by Gasteiger charge is -2.18. The molecule has 39 heavy (non-hydrogen) atoms. The molecule has 0 aliphatic carbocycles. The Morgan fingerprint density at radius 1 is 1.15 bits per heavy atom. The fourth-order valence-electron chi connectivity index (χ4n) is 4.06. The molecule has 1 saturated heterocycles. The van der Waals surface area contributed by atoms with Crippen molar-refractivity contribution < 1.29 is 23.9 Å². The summed E-state index contributed by atoms with van der Waals surface area (Å²) in [4.78, 5) is 10.3. The summed E-state index contributed by atoms with van der Waals surface area (Å²) in [6.45, 7) is 4.53. The van der Waals surface area contributed by atoms with Gasteiger partial charge in [0.1, 0.15) is 16.8 Å². The van der Waals surface area contributed by atoms with Crippen molar-refractivity contribution in [3.63, 3.8) is 0 Å². The van der Waals surface area contributed by atoms with Crippen molar-refractivity contribution in [3.05, 3.63) is 71.9 Å². The van der Waals surface area contributed by atoms with Gasteiger partial charge in [0.25, 0.3) is 6.20 Å². The van der Waals surface area contributed by atoms with Gasteiger partial charge in [0.15, 0.2) is 0 Å². The van der Waals surface area contributed by atoms with Gasteiger partial charge in [0.2, 0.25) is 5.27 Å². The number of nitrogens with zero attached hydrogens (tertiary/aromatic N) is 6. The molecule has 0 radical (unpaired) electrons. The molecular formula is C28H26N6O4S. The highest BCUT2D eigenvalue weighted by molar-refractivity contribution is 8.00. The molecule has 3 heterocycles. The highest BCUT2D eigenvalue weighted by Crippen LogP contribution is 2.34. The molecule has 11 heteroatoms. The maximum Gasteiger partial charge on any atom is 0.324 e. The summed E-state index contributed by atoms with van der Waals surface area (Å²) in [6, 6.07) is 19.7. The van der Waals surface area contributed by atoms with Gasteiger partial charge in [-0.2, -0.15) is 5.26 Å². The number of methoxy groups -OCH3 is 1. The Labute approximate surface area is 230 Å². The molecule has 0 atom stereocenters. The molecule has 0 unspecified atom stereocenters. The van der Waals surface area contributed by atoms with Crippen LogP contribution < -0.4 is 19.6 Å². The Morgan fingerprint density at radius 2 is 1.87 bits per heavy atom. The molecule has 0 spiro atoms. The fraction of sp³-hybridized carbons (Fsp3) is 0.250. The zero-order valence-electron chi connectivity index (χ0n) is 21.5. The molecule has 4 aromatic rings. The van der Waals surface area contributed by atoms with Crippen LogP contribution in [0.4, 0.5) is 5.88 Å². The van der Waals surface area contributed by atoms with Crippen LogP contribution in [0.5, 0.6) is 5.75 Å². The lowest BCUT2D eigenvalue weighted by Crippen LogP contribution is -2.62. The second kappa shape index (κ2) is 12.0. The summed E-state index contributed by atoms with van der Waals surface area (Å²) >= 11 is 1.16. The Balaban J connectivity index is 1.43. The van der Waals surface area contributed by atoms with Crippen molar-refractivity contribution >= 4 is 23.5 Å². The fourth-order valence-corrected chi connectivity index (χ4v) is 4.85. The number of aryl methyl sites for hydroxylation is 1. The van der Waals surface area contributed by atoms with Crippen LogP contribution in [0.1, 0.15) is 11.1 Å². The van der Waals surface area contributed by atoms with Crippen LogP contribution in [-0.4, -0.2) is 55.3 Å². The zero-order valence-corrected chi connectivity index (χ0v) is 22.4. The predicted octanol–water partition coefficient (Wildman–Crippen LogP) is 3.03. The van der Waals surface area contributed by atoms with Crippen molar-refractivity contribution in [1.29, 1.82) is 5.26 Å². The standard InChI is InChI=1S/C28H26N6O4S/c1-19-3-5-20(6-4-19)23-15-25(21-7-9-22(36-2)10-8-21)30-28(24(23)16-29)39-18-26(35)31-27-17-34(32-38-27)33-11-13-37-14-12-33/h3-10,15,17H,11-14,18H2,1-2H3. The first-order chi connectivity index (χ1) is 19.0. The maximum atomic E-state index is 12.7. The highest BCUT2D eigenvalue weighted by atomic mass is 32.2. The van der Waals surface area contributed by atoms with Crippen molar-refractivity contribution in [1.82, 2.24) is 10.3 Å². The van der Waals surface area contributed by atoms with Crippen LogP contribution in [-0.2, 0) is 4.74 Å². The molecule has 0 saturated carbocycles. The van der Waals surface area contributed by atoms with Crippen LogP contribution in [0.2, 0.25) is 0 Å². The van der Waals surface area contributed by atoms with E-state index in [0.29, 0.717) is 42.6 Å². The van der Waals surface area contributed by atoms with E-state index in [0.717, 1.165) is 39.8 Å². The monoisotopic (exact) mass is 542 g/mol. The normalized spacial score (nSPS) is 13.8. The van der Waals surface area contributed by atoms with Crippen LogP contribution in [0.15, 0.2) is 75.3 Å². The van der Waals surface area contributed by atoms with E-state index in [1.165, 1.54) is 4.79 Å². The van der Waals surface area contributed by atoms with E-state index in [2.05, 4.69) is 16.3 Å². The van der Waals surface area contributed by atoms with Gasteiger partial charge in [-0.25, -0.2) is 9.98 Å². The molecule has 0 N–H and O–H groups in total. The molecule has 1 aliphatic rings. The highest BCUT2D eigenvalue weighted by Gasteiger charge is 2.23. The minimum Gasteiger partial charge on any atom is -0.861 e. The van der Waals surface area contributed by atoms with Crippen LogP contribution >= 0.6 is 11.8 Å². The summed E-state index contributed by atoms with van der Waals surface area (Å²) in [6.07, 6.45) is 1.56. The number of aromatic nitrogens is 3. The number of hydrogen-bond donors (Lipinski definition) is 0. The molecule has 2 aromatic carbocycles. The molecule has 0 amide bonds. The first-order valence-electron chi connectivity index (χ1n) is 12.3. The largest absolute Gasteiger partial charge is 0.861 e. The smallest absolute Gasteiger partial charge is 0.324 e. The molecule has 1 fully saturated rings. The Kier molecular flexibility index (Phi) is 8.05. The number of nitriles is 1. The second-order valence-electron chi connectivity index (χ2n) is 8.76. The topological polar surface area (TPSA) is 124 Å². The maximum absolute atomic E-state index is 12.7. The third-order valence-corrected chi connectivity index (χ3v) is 7.09. The van der Waals surface area contributed by atoms with E-state index >= 15 is 0 Å². The van der Waals surface area contributed by atoms with Gasteiger partial charge in [-0.05, 0) is 48.7 Å². The third-order valence-electron chi connectivity index (χ3n) is 6.13. The molecular weight excluding hydrogens is 516 g/mol. The average Bonchev–Trinajstić information content (AvgIpc) is 3.45. The van der Waals surface area contributed by atoms with Crippen molar-refractivity contribution in [2.24, 2.45) is 4.99 Å². The van der Waals surface area contributed by atoms with E-state index in [4.69, 9.17) is 19.0 Å². The van der Waals surface area contributed by atoms with Crippen LogP contribution in [0, 0.1) is 18.3 Å². The number of aliphatic imine (C=N–C) groups is 1. The predicted molar refractivity (Wildman–Crippen MR) is 144 cm³/mol. The Morgan fingerprint density at radius 3 is 2.56 bits per heavy atom. The van der Waals surface area contributed by atoms with Gasteiger partial charge < -0.3 is 14.6 Å². The average molecular weight is 543 g/mol. The minimum atomic E-state index is -0.428. The quantitative estimate of drug-likeness (QED) is 0.143. The summed E-state index contributed by atoms with van der Waals surface area (Å²) in [7, 11) is 1.61. The lowest BCUT2D eigenvalue weighted by atomic mass is 9.98. The molecule has 5 rings (SSSR count). The van der Waals surface area contributed by atoms with Crippen LogP contribution in [0.3, 0.4) is 0 Å². The first-order valence-corrected chi connectivity index (χ1v) is 13.3. The molecule has 1 aliphatic heterocycles. The van der Waals surface area contributed by atoms with Gasteiger partial charge in [0.05, 0.1) is 49.5 Å². The second-order valence-corrected chi connectivity index (χ2v) is 9.73. The summed E-state index contributed by atoms with van der Waals surface area (Å²) in [5.41, 5.74) is 4.69. The number of benzene rings is 2. The number of hydrogen-bond acceptors (Lipinski definition) is 10. The number of ether oxygens (including phenoxy) is 2. The molecule has 2 aromatic heterocycles. The van der Waals surface area contributed by atoms with Gasteiger partial charge in [-0.15, -0.1) is 5.01 Å². The number of morpholine rings is 1. The third kappa shape index (κ3) is 6.19. The van der Waals surface area contributed by atoms with Gasteiger partial charge >= 0.3 is 5.88 Å². The SMILES string of the molecule is COc1ccc(-c2cc(-c3ccc(C)cc3)c(C#N)c(SC/C([O-])=N\c3c[n+](N4CCOCC4)no3)n2)cc1.